The second kappa shape index (κ2) is 11.8. The minimum absolute atomic E-state index is 0.0386. The van der Waals surface area contributed by atoms with Crippen LogP contribution in [-0.4, -0.2) is 70.6 Å². The first-order valence-electron chi connectivity index (χ1n) is 15.2. The van der Waals surface area contributed by atoms with Gasteiger partial charge in [-0.3, -0.25) is 9.59 Å². The molecule has 3 heterocycles. The molecule has 9 nitrogen and oxygen atoms in total. The van der Waals surface area contributed by atoms with E-state index in [0.717, 1.165) is 0 Å². The third kappa shape index (κ3) is 6.08. The maximum Gasteiger partial charge on any atom is 0.428 e. The molecule has 240 valence electrons. The van der Waals surface area contributed by atoms with Gasteiger partial charge in [0.05, 0.1) is 43.1 Å². The van der Waals surface area contributed by atoms with Crippen LogP contribution in [0.4, 0.5) is 13.2 Å². The Hall–Kier alpha value is -3.44. The van der Waals surface area contributed by atoms with Crippen LogP contribution in [0.3, 0.4) is 0 Å². The molecule has 1 aromatic carbocycles. The van der Waals surface area contributed by atoms with E-state index in [2.05, 4.69) is 0 Å². The number of aldehydes is 1. The van der Waals surface area contributed by atoms with Crippen molar-refractivity contribution in [2.24, 2.45) is 23.2 Å². The van der Waals surface area contributed by atoms with Crippen LogP contribution >= 0.6 is 0 Å². The van der Waals surface area contributed by atoms with E-state index < -0.39 is 65.4 Å². The van der Waals surface area contributed by atoms with Gasteiger partial charge in [0.1, 0.15) is 23.8 Å². The SMILES string of the molecule is COc1ccc2nc3c(nc2c1)O[C@H]1CN(C(=O)[C@H](C(C)(C)C)CC(=O)O[C@]2(C(F)(F)F)C[C@H]2CCCCC3)[C@H](C=O)[C@@H]1C. The number of fused-ring (bicyclic) bond motifs is 5. The summed E-state index contributed by atoms with van der Waals surface area (Å²) in [6.45, 7) is 7.06. The zero-order valence-electron chi connectivity index (χ0n) is 25.8. The third-order valence-electron chi connectivity index (χ3n) is 9.46. The average molecular weight is 620 g/mol. The molecule has 1 amide bonds. The van der Waals surface area contributed by atoms with E-state index in [9.17, 15) is 27.6 Å². The molecule has 0 radical (unpaired) electrons. The van der Waals surface area contributed by atoms with Gasteiger partial charge in [0.2, 0.25) is 17.4 Å². The van der Waals surface area contributed by atoms with Crippen molar-refractivity contribution in [2.75, 3.05) is 13.7 Å². The Bertz CT molecular complexity index is 1430. The molecule has 1 aromatic heterocycles. The number of esters is 1. The summed E-state index contributed by atoms with van der Waals surface area (Å²) in [6, 6.07) is 4.46. The lowest BCUT2D eigenvalue weighted by Crippen LogP contribution is -2.47. The molecule has 1 saturated heterocycles. The zero-order chi connectivity index (χ0) is 32.0. The lowest BCUT2D eigenvalue weighted by Gasteiger charge is -2.34. The molecule has 0 N–H and O–H groups in total. The number of hydrogen-bond donors (Lipinski definition) is 0. The summed E-state index contributed by atoms with van der Waals surface area (Å²) in [6.07, 6.45) is -2.94. The number of alkyl halides is 3. The Morgan fingerprint density at radius 2 is 1.84 bits per heavy atom. The van der Waals surface area contributed by atoms with E-state index in [1.807, 2.05) is 0 Å². The molecular formula is C32H40F3N3O6. The summed E-state index contributed by atoms with van der Waals surface area (Å²) < 4.78 is 59.6. The van der Waals surface area contributed by atoms with Crippen molar-refractivity contribution in [3.63, 3.8) is 0 Å². The molecule has 1 saturated carbocycles. The lowest BCUT2D eigenvalue weighted by atomic mass is 9.77. The Morgan fingerprint density at radius 1 is 1.09 bits per heavy atom. The number of aromatic nitrogens is 2. The van der Waals surface area contributed by atoms with Gasteiger partial charge < -0.3 is 23.9 Å². The van der Waals surface area contributed by atoms with Crippen LogP contribution in [0.25, 0.3) is 11.0 Å². The van der Waals surface area contributed by atoms with Gasteiger partial charge in [-0.1, -0.05) is 40.5 Å². The first kappa shape index (κ1) is 32.0. The van der Waals surface area contributed by atoms with Crippen molar-refractivity contribution in [3.05, 3.63) is 23.9 Å². The fraction of sp³-hybridized carbons (Fsp3) is 0.656. The van der Waals surface area contributed by atoms with E-state index in [-0.39, 0.29) is 25.3 Å². The molecule has 0 unspecified atom stereocenters. The smallest absolute Gasteiger partial charge is 0.428 e. The Kier molecular flexibility index (Phi) is 8.58. The Morgan fingerprint density at radius 3 is 2.50 bits per heavy atom. The fourth-order valence-electron chi connectivity index (χ4n) is 6.55. The fourth-order valence-corrected chi connectivity index (χ4v) is 6.55. The normalized spacial score (nSPS) is 30.4. The largest absolute Gasteiger partial charge is 0.497 e. The second-order valence-corrected chi connectivity index (χ2v) is 13.4. The highest BCUT2D eigenvalue weighted by molar-refractivity contribution is 5.87. The molecule has 2 aliphatic heterocycles. The van der Waals surface area contributed by atoms with E-state index in [1.54, 1.807) is 53.0 Å². The summed E-state index contributed by atoms with van der Waals surface area (Å²) >= 11 is 0. The number of amides is 1. The second-order valence-electron chi connectivity index (χ2n) is 13.4. The molecule has 2 aromatic rings. The molecule has 44 heavy (non-hydrogen) atoms. The van der Waals surface area contributed by atoms with Gasteiger partial charge in [0.15, 0.2) is 0 Å². The van der Waals surface area contributed by atoms with Crippen molar-refractivity contribution < 1.29 is 41.8 Å². The van der Waals surface area contributed by atoms with Crippen LogP contribution < -0.4 is 9.47 Å². The number of carbonyl (C=O) groups is 3. The van der Waals surface area contributed by atoms with Crippen LogP contribution in [0.1, 0.15) is 71.9 Å². The summed E-state index contributed by atoms with van der Waals surface area (Å²) in [5.41, 5.74) is -1.54. The first-order valence-corrected chi connectivity index (χ1v) is 15.2. The summed E-state index contributed by atoms with van der Waals surface area (Å²) in [4.78, 5) is 50.3. The Balaban J connectivity index is 1.52. The van der Waals surface area contributed by atoms with Crippen molar-refractivity contribution >= 4 is 29.2 Å². The molecule has 6 atom stereocenters. The first-order chi connectivity index (χ1) is 20.7. The molecule has 3 aliphatic rings. The lowest BCUT2D eigenvalue weighted by molar-refractivity contribution is -0.239. The number of rotatable bonds is 2. The maximum atomic E-state index is 14.2. The number of methoxy groups -OCH3 is 1. The quantitative estimate of drug-likeness (QED) is 0.322. The van der Waals surface area contributed by atoms with Crippen LogP contribution in [0.2, 0.25) is 0 Å². The number of carbonyl (C=O) groups excluding carboxylic acids is 3. The summed E-state index contributed by atoms with van der Waals surface area (Å²) in [7, 11) is 1.55. The highest BCUT2D eigenvalue weighted by Gasteiger charge is 2.73. The van der Waals surface area contributed by atoms with E-state index in [0.29, 0.717) is 54.4 Å². The van der Waals surface area contributed by atoms with Gasteiger partial charge in [-0.15, -0.1) is 0 Å². The monoisotopic (exact) mass is 619 g/mol. The predicted octanol–water partition coefficient (Wildman–Crippen LogP) is 5.46. The Labute approximate surface area is 254 Å². The molecule has 5 rings (SSSR count). The van der Waals surface area contributed by atoms with Crippen molar-refractivity contribution in [2.45, 2.75) is 96.6 Å². The minimum Gasteiger partial charge on any atom is -0.497 e. The molecule has 2 fully saturated rings. The van der Waals surface area contributed by atoms with Gasteiger partial charge in [0.25, 0.3) is 0 Å². The van der Waals surface area contributed by atoms with Crippen LogP contribution in [0.5, 0.6) is 11.6 Å². The standard InChI is InChI=1S/C32H40F3N3O6/c1-18-25(17-39)38-16-26(18)43-28-23(36-22-12-11-20(42-5)13-24(22)37-28)10-8-6-7-9-19-15-31(19,32(33,34)35)44-27(40)14-21(29(38)41)30(2,3)4/h11-13,17-19,21,25-26H,6-10,14-16H2,1-5H3/t18-,19+,21+,25+,26-,31+/m0/s1. The predicted molar refractivity (Wildman–Crippen MR) is 154 cm³/mol. The number of ether oxygens (including phenoxy) is 3. The molecule has 1 aliphatic carbocycles. The van der Waals surface area contributed by atoms with Crippen LogP contribution in [0, 0.1) is 23.2 Å². The summed E-state index contributed by atoms with van der Waals surface area (Å²) in [5, 5.41) is 0. The van der Waals surface area contributed by atoms with Crippen molar-refractivity contribution in [1.29, 1.82) is 0 Å². The number of nitrogens with zero attached hydrogens (tertiary/aromatic N) is 3. The van der Waals surface area contributed by atoms with Gasteiger partial charge in [-0.2, -0.15) is 13.2 Å². The van der Waals surface area contributed by atoms with Crippen LogP contribution in [0.15, 0.2) is 18.2 Å². The number of halogens is 3. The minimum atomic E-state index is -4.72. The van der Waals surface area contributed by atoms with Gasteiger partial charge in [0, 0.05) is 24.3 Å². The molecule has 0 spiro atoms. The topological polar surface area (TPSA) is 108 Å². The number of aryl methyl sites for hydroxylation is 1. The van der Waals surface area contributed by atoms with E-state index in [4.69, 9.17) is 24.2 Å². The maximum absolute atomic E-state index is 14.2. The zero-order valence-corrected chi connectivity index (χ0v) is 25.8. The highest BCUT2D eigenvalue weighted by atomic mass is 19.4. The molecular weight excluding hydrogens is 579 g/mol. The average Bonchev–Trinajstić information content (AvgIpc) is 3.57. The molecule has 2 bridgehead atoms. The van der Waals surface area contributed by atoms with Gasteiger partial charge in [-0.05, 0) is 36.8 Å². The summed E-state index contributed by atoms with van der Waals surface area (Å²) in [5.74, 6) is -2.96. The van der Waals surface area contributed by atoms with Gasteiger partial charge >= 0.3 is 12.1 Å². The van der Waals surface area contributed by atoms with E-state index >= 15 is 0 Å². The van der Waals surface area contributed by atoms with E-state index in [1.165, 1.54) is 4.90 Å². The van der Waals surface area contributed by atoms with Crippen LogP contribution in [-0.2, 0) is 25.5 Å². The third-order valence-corrected chi connectivity index (χ3v) is 9.46. The van der Waals surface area contributed by atoms with Gasteiger partial charge in [-0.25, -0.2) is 9.97 Å². The highest BCUT2D eigenvalue weighted by Crippen LogP contribution is 2.59. The molecule has 12 heteroatoms. The number of benzene rings is 1. The van der Waals surface area contributed by atoms with Crippen molar-refractivity contribution in [1.82, 2.24) is 14.9 Å². The number of hydrogen-bond acceptors (Lipinski definition) is 8. The van der Waals surface area contributed by atoms with Crippen molar-refractivity contribution in [3.8, 4) is 11.6 Å².